The van der Waals surface area contributed by atoms with Crippen molar-refractivity contribution in [3.05, 3.63) is 24.7 Å². The highest BCUT2D eigenvalue weighted by Crippen LogP contribution is 1.92. The molecule has 0 aliphatic heterocycles. The normalized spacial score (nSPS) is 10.4. The number of aliphatic hydroxyl groups excluding tert-OH is 1. The van der Waals surface area contributed by atoms with Gasteiger partial charge in [0.25, 0.3) is 0 Å². The first kappa shape index (κ1) is 6.67. The molecule has 0 bridgehead atoms. The molecular weight excluding hydrogens is 130 g/mol. The lowest BCUT2D eigenvalue weighted by Crippen LogP contribution is -1.99. The van der Waals surface area contributed by atoms with Crippen molar-refractivity contribution in [1.29, 1.82) is 0 Å². The van der Waals surface area contributed by atoms with E-state index in [0.717, 1.165) is 6.26 Å². The third-order valence-electron chi connectivity index (χ3n) is 0.991. The molecule has 54 valence electrons. The first-order chi connectivity index (χ1) is 4.93. The van der Waals surface area contributed by atoms with Crippen LogP contribution in [0.5, 0.6) is 0 Å². The van der Waals surface area contributed by atoms with E-state index in [1.807, 2.05) is 0 Å². The van der Waals surface area contributed by atoms with Crippen LogP contribution >= 0.6 is 0 Å². The van der Waals surface area contributed by atoms with Crippen LogP contribution in [0.1, 0.15) is 0 Å². The molecule has 0 saturated carbocycles. The molecule has 1 aromatic heterocycles. The zero-order valence-corrected chi connectivity index (χ0v) is 5.41. The highest BCUT2D eigenvalue weighted by molar-refractivity contribution is 5.23. The molecule has 0 radical (unpaired) electrons. The van der Waals surface area contributed by atoms with Crippen molar-refractivity contribution in [1.82, 2.24) is 9.97 Å². The van der Waals surface area contributed by atoms with Gasteiger partial charge in [0.2, 0.25) is 0 Å². The van der Waals surface area contributed by atoms with Crippen molar-refractivity contribution in [3.8, 4) is 0 Å². The fraction of sp³-hybridized carbons (Fsp3) is 0.167. The van der Waals surface area contributed by atoms with Crippen molar-refractivity contribution < 1.29 is 5.11 Å². The summed E-state index contributed by atoms with van der Waals surface area (Å²) in [7, 11) is 0. The standard InChI is InChI=1S/C6H9N3O/c10-5-1-2-7-6-8-3-4-9-6/h1,3-5,10H,2H2,(H2,7,8,9). The number of H-pyrrole nitrogens is 1. The summed E-state index contributed by atoms with van der Waals surface area (Å²) in [6.07, 6.45) is 5.97. The summed E-state index contributed by atoms with van der Waals surface area (Å²) in [6.45, 7) is 0.573. The molecule has 0 fully saturated rings. The van der Waals surface area contributed by atoms with Crippen LogP contribution in [0.4, 0.5) is 5.95 Å². The highest BCUT2D eigenvalue weighted by atomic mass is 16.2. The van der Waals surface area contributed by atoms with E-state index >= 15 is 0 Å². The molecule has 0 atom stereocenters. The van der Waals surface area contributed by atoms with Crippen LogP contribution in [0.25, 0.3) is 0 Å². The monoisotopic (exact) mass is 139 g/mol. The SMILES string of the molecule is OC=CCNc1ncc[nH]1. The maximum atomic E-state index is 8.24. The molecule has 0 saturated heterocycles. The van der Waals surface area contributed by atoms with Gasteiger partial charge in [-0.3, -0.25) is 0 Å². The van der Waals surface area contributed by atoms with Gasteiger partial charge in [0.15, 0.2) is 5.95 Å². The van der Waals surface area contributed by atoms with Crippen LogP contribution in [0.2, 0.25) is 0 Å². The van der Waals surface area contributed by atoms with Gasteiger partial charge < -0.3 is 15.4 Å². The maximum Gasteiger partial charge on any atom is 0.200 e. The van der Waals surface area contributed by atoms with Crippen molar-refractivity contribution in [3.63, 3.8) is 0 Å². The van der Waals surface area contributed by atoms with E-state index < -0.39 is 0 Å². The van der Waals surface area contributed by atoms with E-state index in [4.69, 9.17) is 5.11 Å². The van der Waals surface area contributed by atoms with Gasteiger partial charge in [0.1, 0.15) is 0 Å². The van der Waals surface area contributed by atoms with Crippen LogP contribution in [-0.4, -0.2) is 21.6 Å². The zero-order valence-electron chi connectivity index (χ0n) is 5.41. The number of nitrogens with zero attached hydrogens (tertiary/aromatic N) is 1. The highest BCUT2D eigenvalue weighted by Gasteiger charge is 1.86. The Kier molecular flexibility index (Phi) is 2.37. The van der Waals surface area contributed by atoms with E-state index in [9.17, 15) is 0 Å². The van der Waals surface area contributed by atoms with Gasteiger partial charge in [-0.1, -0.05) is 0 Å². The van der Waals surface area contributed by atoms with Crippen molar-refractivity contribution in [2.75, 3.05) is 11.9 Å². The van der Waals surface area contributed by atoms with Crippen LogP contribution in [0.3, 0.4) is 0 Å². The van der Waals surface area contributed by atoms with Crippen LogP contribution in [-0.2, 0) is 0 Å². The summed E-state index contributed by atoms with van der Waals surface area (Å²) in [4.78, 5) is 6.76. The second-order valence-corrected chi connectivity index (χ2v) is 1.70. The minimum Gasteiger partial charge on any atom is -0.516 e. The number of aromatic nitrogens is 2. The van der Waals surface area contributed by atoms with Crippen LogP contribution in [0.15, 0.2) is 24.7 Å². The molecule has 10 heavy (non-hydrogen) atoms. The van der Waals surface area contributed by atoms with Gasteiger partial charge >= 0.3 is 0 Å². The molecule has 1 aromatic rings. The number of aromatic amines is 1. The van der Waals surface area contributed by atoms with Gasteiger partial charge in [-0.2, -0.15) is 0 Å². The van der Waals surface area contributed by atoms with Gasteiger partial charge in [0, 0.05) is 18.9 Å². The summed E-state index contributed by atoms with van der Waals surface area (Å²) in [5.41, 5.74) is 0. The van der Waals surface area contributed by atoms with E-state index in [0.29, 0.717) is 12.5 Å². The van der Waals surface area contributed by atoms with E-state index in [2.05, 4.69) is 15.3 Å². The quantitative estimate of drug-likeness (QED) is 0.545. The first-order valence-corrected chi connectivity index (χ1v) is 2.96. The van der Waals surface area contributed by atoms with E-state index in [-0.39, 0.29) is 0 Å². The topological polar surface area (TPSA) is 60.9 Å². The summed E-state index contributed by atoms with van der Waals surface area (Å²) < 4.78 is 0. The Bertz CT molecular complexity index is 193. The average molecular weight is 139 g/mol. The summed E-state index contributed by atoms with van der Waals surface area (Å²) in [5, 5.41) is 11.2. The minimum absolute atomic E-state index is 0.573. The smallest absolute Gasteiger partial charge is 0.200 e. The number of imidazole rings is 1. The van der Waals surface area contributed by atoms with Crippen LogP contribution < -0.4 is 5.32 Å². The predicted octanol–water partition coefficient (Wildman–Crippen LogP) is 0.893. The van der Waals surface area contributed by atoms with E-state index in [1.165, 1.54) is 0 Å². The van der Waals surface area contributed by atoms with Gasteiger partial charge in [-0.15, -0.1) is 0 Å². The average Bonchev–Trinajstić information content (AvgIpc) is 2.41. The molecule has 4 nitrogen and oxygen atoms in total. The number of rotatable bonds is 3. The Balaban J connectivity index is 2.28. The lowest BCUT2D eigenvalue weighted by molar-refractivity contribution is 0.472. The van der Waals surface area contributed by atoms with Gasteiger partial charge in [-0.25, -0.2) is 4.98 Å². The zero-order chi connectivity index (χ0) is 7.23. The number of aliphatic hydroxyl groups is 1. The van der Waals surface area contributed by atoms with Crippen LogP contribution in [0, 0.1) is 0 Å². The Morgan fingerprint density at radius 1 is 1.80 bits per heavy atom. The molecule has 0 aromatic carbocycles. The molecule has 0 unspecified atom stereocenters. The van der Waals surface area contributed by atoms with Crippen molar-refractivity contribution in [2.24, 2.45) is 0 Å². The Morgan fingerprint density at radius 3 is 3.30 bits per heavy atom. The fourth-order valence-electron chi connectivity index (χ4n) is 0.570. The third-order valence-corrected chi connectivity index (χ3v) is 0.991. The predicted molar refractivity (Wildman–Crippen MR) is 38.8 cm³/mol. The number of hydrogen-bond donors (Lipinski definition) is 3. The lowest BCUT2D eigenvalue weighted by Gasteiger charge is -1.94. The van der Waals surface area contributed by atoms with Gasteiger partial charge in [0.05, 0.1) is 6.26 Å². The molecule has 0 aliphatic rings. The molecule has 4 heteroatoms. The van der Waals surface area contributed by atoms with E-state index in [1.54, 1.807) is 18.5 Å². The molecule has 1 rings (SSSR count). The maximum absolute atomic E-state index is 8.24. The van der Waals surface area contributed by atoms with Crippen molar-refractivity contribution in [2.45, 2.75) is 0 Å². The Labute approximate surface area is 58.6 Å². The Morgan fingerprint density at radius 2 is 2.70 bits per heavy atom. The van der Waals surface area contributed by atoms with Gasteiger partial charge in [-0.05, 0) is 6.08 Å². The second-order valence-electron chi connectivity index (χ2n) is 1.70. The van der Waals surface area contributed by atoms with Crippen molar-refractivity contribution >= 4 is 5.95 Å². The summed E-state index contributed by atoms with van der Waals surface area (Å²) >= 11 is 0. The summed E-state index contributed by atoms with van der Waals surface area (Å²) in [6, 6.07) is 0. The molecule has 0 amide bonds. The molecule has 0 spiro atoms. The Hall–Kier alpha value is -1.45. The molecular formula is C6H9N3O. The lowest BCUT2D eigenvalue weighted by atomic mass is 10.6. The number of hydrogen-bond acceptors (Lipinski definition) is 3. The number of nitrogens with one attached hydrogen (secondary N) is 2. The largest absolute Gasteiger partial charge is 0.516 e. The fourth-order valence-corrected chi connectivity index (χ4v) is 0.570. The number of anilines is 1. The second kappa shape index (κ2) is 3.55. The minimum atomic E-state index is 0.573. The molecule has 1 heterocycles. The molecule has 3 N–H and O–H groups in total. The summed E-state index contributed by atoms with van der Waals surface area (Å²) in [5.74, 6) is 0.707. The first-order valence-electron chi connectivity index (χ1n) is 2.96. The third kappa shape index (κ3) is 1.81. The molecule has 0 aliphatic carbocycles.